The molecule has 0 bridgehead atoms. The second-order valence-corrected chi connectivity index (χ2v) is 21.6. The average molecular weight is 1390 g/mol. The van der Waals surface area contributed by atoms with Crippen molar-refractivity contribution in [3.63, 3.8) is 0 Å². The zero-order chi connectivity index (χ0) is 59.1. The number of aromatic hydroxyl groups is 2. The summed E-state index contributed by atoms with van der Waals surface area (Å²) in [6.45, 7) is 0. The molecule has 0 saturated carbocycles. The molecule has 2 heterocycles. The Kier molecular flexibility index (Phi) is 29.5. The van der Waals surface area contributed by atoms with Crippen LogP contribution in [0, 0.1) is 20.2 Å². The number of nitrogens with two attached hydrogens (primary N) is 2. The number of nitrogen functional groups attached to an aromatic ring is 2. The van der Waals surface area contributed by atoms with Crippen molar-refractivity contribution in [1.29, 1.82) is 0 Å². The molecule has 2 aliphatic carbocycles. The quantitative estimate of drug-likeness (QED) is 0.0158. The van der Waals surface area contributed by atoms with Gasteiger partial charge in [-0.05, 0) is 82.9 Å². The summed E-state index contributed by atoms with van der Waals surface area (Å²) in [6, 6.07) is 8.50. The zero-order valence-corrected chi connectivity index (χ0v) is 59.8. The first-order valence-corrected chi connectivity index (χ1v) is 26.9. The molecule has 6 aromatic rings. The van der Waals surface area contributed by atoms with Crippen molar-refractivity contribution in [3.8, 4) is 11.5 Å². The average Bonchev–Trinajstić information content (AvgIpc) is 3.51. The standard InChI is InChI=1S/2C19H13ClN8O10S2.Cr.5Na/c2*20-17-23-18(21)25-19(24-17)22-11-6-9(39(33,34)35)3-7-4-13(40(36,37)38)15(16(30)14(7)11)27-26-10-5-8(28(31)32)1-2-12(10)29;;;;;;/h2*1-6,26,29H,(H,33,34,35)(H,36,37,38)(H3,21,22,23,24,25);;;;;;/q;;;5*+1/b2*27-15-;;;;;;. The molecule has 8 rings (SSSR count). The number of aromatic nitrogens is 6. The van der Waals surface area contributed by atoms with Gasteiger partial charge in [-0.15, -0.1) is 0 Å². The fourth-order valence-corrected chi connectivity index (χ4v) is 9.49. The molecule has 0 amide bonds. The number of carbonyl (C=O) groups excluding carboxylic acids is 2. The van der Waals surface area contributed by atoms with Crippen LogP contribution in [0.5, 0.6) is 11.5 Å². The molecule has 14 N–H and O–H groups in total. The molecule has 2 aromatic heterocycles. The van der Waals surface area contributed by atoms with E-state index in [1.807, 2.05) is 0 Å². The second-order valence-electron chi connectivity index (χ2n) is 15.3. The number of anilines is 8. The third-order valence-electron chi connectivity index (χ3n) is 10.1. The molecule has 0 radical (unpaired) electrons. The van der Waals surface area contributed by atoms with Gasteiger partial charge in [0.25, 0.3) is 51.8 Å². The van der Waals surface area contributed by atoms with Gasteiger partial charge in [-0.3, -0.25) is 58.9 Å². The van der Waals surface area contributed by atoms with Crippen molar-refractivity contribution in [2.45, 2.75) is 9.79 Å². The van der Waals surface area contributed by atoms with Gasteiger partial charge in [0.15, 0.2) is 11.4 Å². The van der Waals surface area contributed by atoms with E-state index in [-0.39, 0.29) is 189 Å². The molecule has 0 atom stereocenters. The van der Waals surface area contributed by atoms with Gasteiger partial charge >= 0.3 is 148 Å². The van der Waals surface area contributed by atoms with Gasteiger partial charge in [-0.2, -0.15) is 73.8 Å². The molecular formula is C38H26Cl2CrN16Na5O20S4+5. The normalized spacial score (nSPS) is 13.4. The number of Topliss-reactive ketones (excluding diaryl/α,β-unsaturated/α-hetero) is 2. The van der Waals surface area contributed by atoms with Crippen molar-refractivity contribution in [1.82, 2.24) is 29.9 Å². The van der Waals surface area contributed by atoms with Crippen molar-refractivity contribution in [3.05, 3.63) is 124 Å². The largest absolute Gasteiger partial charge is 1.00 e. The number of hydrazone groups is 2. The van der Waals surface area contributed by atoms with Crippen molar-refractivity contribution < 1.29 is 247 Å². The summed E-state index contributed by atoms with van der Waals surface area (Å²) in [7, 11) is -20.3. The van der Waals surface area contributed by atoms with E-state index in [1.165, 1.54) is 0 Å². The van der Waals surface area contributed by atoms with E-state index in [1.54, 1.807) is 0 Å². The maximum absolute atomic E-state index is 13.5. The van der Waals surface area contributed by atoms with Crippen molar-refractivity contribution in [2.24, 2.45) is 10.2 Å². The van der Waals surface area contributed by atoms with E-state index in [2.05, 4.69) is 61.6 Å². The number of phenolic OH excluding ortho intramolecular Hbond substituents is 2. The number of ketones is 2. The van der Waals surface area contributed by atoms with Crippen molar-refractivity contribution in [2.75, 3.05) is 33.0 Å². The van der Waals surface area contributed by atoms with Crippen LogP contribution in [0.15, 0.2) is 90.5 Å². The predicted octanol–water partition coefficient (Wildman–Crippen LogP) is -11.8. The molecular weight excluding hydrogens is 1370 g/mol. The van der Waals surface area contributed by atoms with Crippen LogP contribution in [0.3, 0.4) is 0 Å². The van der Waals surface area contributed by atoms with Crippen LogP contribution in [0.1, 0.15) is 31.8 Å². The SMILES string of the molecule is Nc1nc(Cl)nc(Nc2cc(S(=O)(=O)O)cc3c2C(=O)/C(=N\Nc2cc([N+](=O)[O-])ccc2O)C(S(=O)(=O)O)=C3)n1.Nc1nc(Cl)nc(Nc2cc(S(=O)(=O)O)cc3c2C(=O)/C(=N\Nc2cc([N+](=O)[O-])ccc2O)C(S(=O)(=O)O)=C3)n1.[Cr].[Na+].[Na+].[Na+].[Na+].[Na+]. The Hall–Kier alpha value is -3.99. The number of nitro benzene ring substituents is 2. The van der Waals surface area contributed by atoms with Crippen LogP contribution in [0.2, 0.25) is 10.6 Å². The number of carbonyl (C=O) groups is 2. The number of nitro groups is 2. The number of hydrogen-bond donors (Lipinski definition) is 12. The molecule has 422 valence electrons. The minimum atomic E-state index is -5.22. The fourth-order valence-electron chi connectivity index (χ4n) is 6.76. The van der Waals surface area contributed by atoms with E-state index in [0.29, 0.717) is 12.2 Å². The topological polar surface area (TPSA) is 581 Å². The van der Waals surface area contributed by atoms with E-state index in [9.17, 15) is 91.9 Å². The number of nitrogens with zero attached hydrogens (tertiary/aromatic N) is 10. The Balaban J connectivity index is 0.000000804. The summed E-state index contributed by atoms with van der Waals surface area (Å²) in [6.07, 6.45) is 1.35. The Morgan fingerprint density at radius 3 is 1.10 bits per heavy atom. The number of non-ortho nitro benzene ring substituents is 2. The van der Waals surface area contributed by atoms with Crippen molar-refractivity contribution >= 4 is 157 Å². The molecule has 0 unspecified atom stereocenters. The summed E-state index contributed by atoms with van der Waals surface area (Å²) < 4.78 is 135. The number of allylic oxidation sites excluding steroid dienone is 2. The number of halogens is 2. The van der Waals surface area contributed by atoms with E-state index < -0.39 is 171 Å². The Labute approximate surface area is 612 Å². The van der Waals surface area contributed by atoms with Gasteiger partial charge < -0.3 is 32.3 Å². The third kappa shape index (κ3) is 19.5. The van der Waals surface area contributed by atoms with Crippen LogP contribution >= 0.6 is 23.2 Å². The molecule has 0 spiro atoms. The van der Waals surface area contributed by atoms with Gasteiger partial charge in [-0.1, -0.05) is 0 Å². The van der Waals surface area contributed by atoms with Crippen LogP contribution in [0.25, 0.3) is 12.2 Å². The summed E-state index contributed by atoms with van der Waals surface area (Å²) >= 11 is 11.5. The number of benzene rings is 4. The van der Waals surface area contributed by atoms with Gasteiger partial charge in [0.1, 0.15) is 32.7 Å². The summed E-state index contributed by atoms with van der Waals surface area (Å²) in [5.41, 5.74) is 9.00. The van der Waals surface area contributed by atoms with Gasteiger partial charge in [0, 0.05) is 41.6 Å². The van der Waals surface area contributed by atoms with Crippen LogP contribution in [-0.2, 0) is 57.8 Å². The first kappa shape index (κ1) is 80.0. The molecule has 0 fully saturated rings. The molecule has 48 heteroatoms. The van der Waals surface area contributed by atoms with Gasteiger partial charge in [0.05, 0.1) is 42.1 Å². The molecule has 2 aliphatic rings. The van der Waals surface area contributed by atoms with Crippen LogP contribution in [0.4, 0.5) is 57.9 Å². The zero-order valence-electron chi connectivity index (χ0n) is 43.8. The maximum atomic E-state index is 13.5. The fraction of sp³-hybridized carbons (Fsp3) is 0. The summed E-state index contributed by atoms with van der Waals surface area (Å²) in [5, 5.41) is 53.6. The van der Waals surface area contributed by atoms with Gasteiger partial charge in [0.2, 0.25) is 45.9 Å². The Morgan fingerprint density at radius 1 is 0.500 bits per heavy atom. The number of phenols is 2. The first-order valence-electron chi connectivity index (χ1n) is 20.4. The second kappa shape index (κ2) is 31.6. The molecule has 86 heavy (non-hydrogen) atoms. The van der Waals surface area contributed by atoms with Crippen LogP contribution < -0.4 is 181 Å². The maximum Gasteiger partial charge on any atom is 1.00 e. The van der Waals surface area contributed by atoms with E-state index in [0.717, 1.165) is 60.7 Å². The van der Waals surface area contributed by atoms with E-state index >= 15 is 0 Å². The third-order valence-corrected chi connectivity index (χ3v) is 13.8. The van der Waals surface area contributed by atoms with Gasteiger partial charge in [-0.25, -0.2) is 0 Å². The summed E-state index contributed by atoms with van der Waals surface area (Å²) in [4.78, 5) is 65.8. The Bertz CT molecular complexity index is 4060. The predicted molar refractivity (Wildman–Crippen MR) is 277 cm³/mol. The number of hydrogen-bond acceptors (Lipinski definition) is 30. The smallest absolute Gasteiger partial charge is 0.506 e. The number of rotatable bonds is 14. The molecule has 0 saturated heterocycles. The Morgan fingerprint density at radius 2 is 0.826 bits per heavy atom. The molecule has 36 nitrogen and oxygen atoms in total. The molecule has 0 aliphatic heterocycles. The minimum absolute atomic E-state index is 0. The first-order chi connectivity index (χ1) is 37.1. The van der Waals surface area contributed by atoms with Crippen LogP contribution in [-0.4, -0.2) is 125 Å². The monoisotopic (exact) mass is 1390 g/mol. The minimum Gasteiger partial charge on any atom is -0.506 e. The number of fused-ring (bicyclic) bond motifs is 2. The molecule has 4 aromatic carbocycles. The number of nitrogens with one attached hydrogen (secondary N) is 4. The van der Waals surface area contributed by atoms with E-state index in [4.69, 9.17) is 34.7 Å². The summed E-state index contributed by atoms with van der Waals surface area (Å²) in [5.74, 6) is -5.12.